The quantitative estimate of drug-likeness (QED) is 0.530. The Morgan fingerprint density at radius 2 is 1.90 bits per heavy atom. The van der Waals surface area contributed by atoms with Gasteiger partial charge in [0.05, 0.1) is 5.69 Å². The van der Waals surface area contributed by atoms with Gasteiger partial charge in [0.1, 0.15) is 5.69 Å². The predicted octanol–water partition coefficient (Wildman–Crippen LogP) is 3.91. The number of carbonyl (C=O) groups excluding carboxylic acids is 1. The van der Waals surface area contributed by atoms with Gasteiger partial charge in [0.2, 0.25) is 5.01 Å². The highest BCUT2D eigenvalue weighted by Gasteiger charge is 2.15. The number of aryl methyl sites for hydroxylation is 3. The van der Waals surface area contributed by atoms with E-state index < -0.39 is 0 Å². The first-order valence-electron chi connectivity index (χ1n) is 9.44. The van der Waals surface area contributed by atoms with Crippen LogP contribution in [0.5, 0.6) is 0 Å². The molecular formula is C22H20N6OS. The lowest BCUT2D eigenvalue weighted by molar-refractivity contribution is 0.0949. The van der Waals surface area contributed by atoms with E-state index in [0.717, 1.165) is 33.8 Å². The Balaban J connectivity index is 1.44. The van der Waals surface area contributed by atoms with Gasteiger partial charge in [-0.25, -0.2) is 0 Å². The summed E-state index contributed by atoms with van der Waals surface area (Å²) in [7, 11) is 0. The lowest BCUT2D eigenvalue weighted by Gasteiger charge is -2.09. The molecule has 1 amide bonds. The fraction of sp³-hybridized carbons (Fsp3) is 0.182. The average molecular weight is 417 g/mol. The maximum atomic E-state index is 12.5. The van der Waals surface area contributed by atoms with Gasteiger partial charge in [0.15, 0.2) is 5.01 Å². The predicted molar refractivity (Wildman–Crippen MR) is 116 cm³/mol. The van der Waals surface area contributed by atoms with Gasteiger partial charge in [-0.1, -0.05) is 23.5 Å². The molecule has 7 nitrogen and oxygen atoms in total. The van der Waals surface area contributed by atoms with Gasteiger partial charge >= 0.3 is 0 Å². The molecule has 4 rings (SSSR count). The number of pyridine rings is 3. The Bertz CT molecular complexity index is 1220. The molecule has 8 heteroatoms. The smallest absolute Gasteiger partial charge is 0.282 e. The monoisotopic (exact) mass is 416 g/mol. The molecule has 0 aliphatic rings. The highest BCUT2D eigenvalue weighted by Crippen LogP contribution is 2.23. The molecule has 150 valence electrons. The molecule has 0 atom stereocenters. The van der Waals surface area contributed by atoms with Crippen molar-refractivity contribution in [3.63, 3.8) is 0 Å². The molecule has 4 aromatic rings. The number of hydrogen-bond donors (Lipinski definition) is 1. The summed E-state index contributed by atoms with van der Waals surface area (Å²) < 4.78 is 0. The van der Waals surface area contributed by atoms with E-state index in [2.05, 4.69) is 30.5 Å². The molecule has 1 N–H and O–H groups in total. The van der Waals surface area contributed by atoms with E-state index in [9.17, 15) is 4.79 Å². The third-order valence-electron chi connectivity index (χ3n) is 4.48. The highest BCUT2D eigenvalue weighted by molar-refractivity contribution is 7.16. The molecule has 0 fully saturated rings. The molecule has 0 aliphatic carbocycles. The van der Waals surface area contributed by atoms with Gasteiger partial charge in [-0.05, 0) is 56.2 Å². The summed E-state index contributed by atoms with van der Waals surface area (Å²) in [5, 5.41) is 11.9. The Morgan fingerprint density at radius 3 is 2.67 bits per heavy atom. The normalized spacial score (nSPS) is 10.8. The number of nitrogens with zero attached hydrogens (tertiary/aromatic N) is 5. The zero-order valence-electron chi connectivity index (χ0n) is 16.9. The Labute approximate surface area is 178 Å². The fourth-order valence-corrected chi connectivity index (χ4v) is 3.79. The highest BCUT2D eigenvalue weighted by atomic mass is 32.1. The second kappa shape index (κ2) is 8.46. The van der Waals surface area contributed by atoms with Crippen molar-refractivity contribution in [3.05, 3.63) is 76.3 Å². The number of aromatic nitrogens is 5. The van der Waals surface area contributed by atoms with Gasteiger partial charge in [0, 0.05) is 35.9 Å². The molecule has 0 bridgehead atoms. The first-order valence-corrected chi connectivity index (χ1v) is 10.3. The summed E-state index contributed by atoms with van der Waals surface area (Å²) in [5.74, 6) is -0.266. The minimum atomic E-state index is -0.266. The van der Waals surface area contributed by atoms with Crippen LogP contribution in [0.25, 0.3) is 22.0 Å². The minimum absolute atomic E-state index is 0.266. The Hall–Kier alpha value is -3.52. The number of amides is 1. The topological polar surface area (TPSA) is 93.6 Å². The van der Waals surface area contributed by atoms with Crippen LogP contribution >= 0.6 is 11.3 Å². The number of nitrogens with one attached hydrogen (secondary N) is 1. The fourth-order valence-electron chi connectivity index (χ4n) is 3.06. The lowest BCUT2D eigenvalue weighted by Crippen LogP contribution is -2.22. The van der Waals surface area contributed by atoms with Crippen LogP contribution in [-0.2, 0) is 6.54 Å². The third kappa shape index (κ3) is 4.38. The van der Waals surface area contributed by atoms with E-state index in [1.54, 1.807) is 12.4 Å². The molecule has 4 aromatic heterocycles. The van der Waals surface area contributed by atoms with Crippen LogP contribution in [-0.4, -0.2) is 31.1 Å². The standard InChI is InChI=1S/C22H20N6OS/c1-13-9-16(11-24-19(13)17-7-8-23-15(3)10-17)12-25-20(29)22-28-27-21(30-22)18-6-4-5-14(2)26-18/h4-11H,12H2,1-3H3,(H,25,29). The Kier molecular flexibility index (Phi) is 5.58. The summed E-state index contributed by atoms with van der Waals surface area (Å²) in [6.45, 7) is 6.24. The van der Waals surface area contributed by atoms with E-state index in [0.29, 0.717) is 22.3 Å². The van der Waals surface area contributed by atoms with Crippen molar-refractivity contribution in [2.45, 2.75) is 27.3 Å². The van der Waals surface area contributed by atoms with E-state index >= 15 is 0 Å². The van der Waals surface area contributed by atoms with Gasteiger partial charge < -0.3 is 5.32 Å². The maximum Gasteiger partial charge on any atom is 0.282 e. The molecule has 0 unspecified atom stereocenters. The zero-order chi connectivity index (χ0) is 21.1. The van der Waals surface area contributed by atoms with Crippen molar-refractivity contribution in [2.75, 3.05) is 0 Å². The molecule has 30 heavy (non-hydrogen) atoms. The largest absolute Gasteiger partial charge is 0.346 e. The Morgan fingerprint density at radius 1 is 1.03 bits per heavy atom. The van der Waals surface area contributed by atoms with Crippen LogP contribution in [0.2, 0.25) is 0 Å². The van der Waals surface area contributed by atoms with E-state index in [-0.39, 0.29) is 5.91 Å². The van der Waals surface area contributed by atoms with Crippen LogP contribution in [0.3, 0.4) is 0 Å². The van der Waals surface area contributed by atoms with E-state index in [1.807, 2.05) is 57.2 Å². The van der Waals surface area contributed by atoms with Gasteiger partial charge in [-0.3, -0.25) is 19.7 Å². The van der Waals surface area contributed by atoms with Gasteiger partial charge in [-0.2, -0.15) is 0 Å². The van der Waals surface area contributed by atoms with Crippen LogP contribution in [0.15, 0.2) is 48.8 Å². The van der Waals surface area contributed by atoms with E-state index in [1.165, 1.54) is 11.3 Å². The molecule has 0 saturated heterocycles. The van der Waals surface area contributed by atoms with Crippen molar-refractivity contribution in [2.24, 2.45) is 0 Å². The molecule has 0 radical (unpaired) electrons. The summed E-state index contributed by atoms with van der Waals surface area (Å²) in [5.41, 5.74) is 6.45. The maximum absolute atomic E-state index is 12.5. The molecule has 0 spiro atoms. The molecule has 0 saturated carbocycles. The van der Waals surface area contributed by atoms with Gasteiger partial charge in [0.25, 0.3) is 5.91 Å². The average Bonchev–Trinajstić information content (AvgIpc) is 3.22. The summed E-state index contributed by atoms with van der Waals surface area (Å²) in [6, 6.07) is 11.7. The van der Waals surface area contributed by atoms with E-state index in [4.69, 9.17) is 0 Å². The SMILES string of the molecule is Cc1cc(-c2ncc(CNC(=O)c3nnc(-c4cccc(C)n4)s3)cc2C)ccn1. The van der Waals surface area contributed by atoms with Crippen molar-refractivity contribution < 1.29 is 4.79 Å². The third-order valence-corrected chi connectivity index (χ3v) is 5.43. The molecule has 0 aliphatic heterocycles. The molecular weight excluding hydrogens is 396 g/mol. The van der Waals surface area contributed by atoms with Crippen molar-refractivity contribution >= 4 is 17.2 Å². The minimum Gasteiger partial charge on any atom is -0.346 e. The van der Waals surface area contributed by atoms with Crippen molar-refractivity contribution in [1.29, 1.82) is 0 Å². The number of carbonyl (C=O) groups is 1. The second-order valence-corrected chi connectivity index (χ2v) is 7.93. The number of hydrogen-bond acceptors (Lipinski definition) is 7. The summed E-state index contributed by atoms with van der Waals surface area (Å²) in [6.07, 6.45) is 3.56. The van der Waals surface area contributed by atoms with Crippen LogP contribution in [0.1, 0.15) is 32.3 Å². The van der Waals surface area contributed by atoms with Crippen LogP contribution in [0, 0.1) is 20.8 Å². The zero-order valence-corrected chi connectivity index (χ0v) is 17.7. The van der Waals surface area contributed by atoms with Gasteiger partial charge in [-0.15, -0.1) is 10.2 Å². The molecule has 4 heterocycles. The van der Waals surface area contributed by atoms with Crippen LogP contribution in [0.4, 0.5) is 0 Å². The first kappa shape index (κ1) is 19.8. The lowest BCUT2D eigenvalue weighted by atomic mass is 10.1. The van der Waals surface area contributed by atoms with Crippen LogP contribution < -0.4 is 5.32 Å². The van der Waals surface area contributed by atoms with Crippen molar-refractivity contribution in [1.82, 2.24) is 30.5 Å². The number of rotatable bonds is 5. The summed E-state index contributed by atoms with van der Waals surface area (Å²) >= 11 is 1.22. The first-order chi connectivity index (χ1) is 14.5. The summed E-state index contributed by atoms with van der Waals surface area (Å²) in [4.78, 5) is 25.7. The molecule has 0 aromatic carbocycles. The second-order valence-electron chi connectivity index (χ2n) is 6.95. The van der Waals surface area contributed by atoms with Crippen molar-refractivity contribution in [3.8, 4) is 22.0 Å².